The molecule has 16 heavy (non-hydrogen) atoms. The molecule has 0 saturated heterocycles. The van der Waals surface area contributed by atoms with E-state index in [-0.39, 0.29) is 11.6 Å². The molecule has 1 amide bonds. The number of carbonyl (C=O) groups is 1. The van der Waals surface area contributed by atoms with Crippen LogP contribution in [0.4, 0.5) is 5.69 Å². The Morgan fingerprint density at radius 1 is 1.62 bits per heavy atom. The lowest BCUT2D eigenvalue weighted by molar-refractivity contribution is -0.385. The Hall–Kier alpha value is -2.17. The highest BCUT2D eigenvalue weighted by molar-refractivity contribution is 5.96. The molecule has 1 aromatic carbocycles. The molecule has 84 valence electrons. The van der Waals surface area contributed by atoms with Gasteiger partial charge in [0.25, 0.3) is 11.6 Å². The van der Waals surface area contributed by atoms with Gasteiger partial charge in [0, 0.05) is 23.7 Å². The summed E-state index contributed by atoms with van der Waals surface area (Å²) in [5.41, 5.74) is 0.636. The van der Waals surface area contributed by atoms with Crippen LogP contribution in [0.3, 0.4) is 0 Å². The van der Waals surface area contributed by atoms with Gasteiger partial charge in [0.15, 0.2) is 0 Å². The van der Waals surface area contributed by atoms with Gasteiger partial charge in [-0.25, -0.2) is 0 Å². The molecule has 1 rings (SSSR count). The summed E-state index contributed by atoms with van der Waals surface area (Å²) in [7, 11) is 0. The molecule has 0 unspecified atom stereocenters. The van der Waals surface area contributed by atoms with Gasteiger partial charge in [-0.1, -0.05) is 12.1 Å². The van der Waals surface area contributed by atoms with Crippen molar-refractivity contribution in [3.05, 3.63) is 52.1 Å². The van der Waals surface area contributed by atoms with Crippen LogP contribution in [0, 0.1) is 17.0 Å². The smallest absolute Gasteiger partial charge is 0.273 e. The van der Waals surface area contributed by atoms with Crippen molar-refractivity contribution in [2.24, 2.45) is 0 Å². The lowest BCUT2D eigenvalue weighted by atomic mass is 10.1. The van der Waals surface area contributed by atoms with Gasteiger partial charge in [0.1, 0.15) is 0 Å². The topological polar surface area (TPSA) is 72.2 Å². The maximum absolute atomic E-state index is 11.6. The number of benzene rings is 1. The molecule has 0 aliphatic heterocycles. The number of amides is 1. The highest BCUT2D eigenvalue weighted by atomic mass is 16.6. The van der Waals surface area contributed by atoms with Gasteiger partial charge < -0.3 is 5.32 Å². The molecule has 1 N–H and O–H groups in total. The van der Waals surface area contributed by atoms with Crippen molar-refractivity contribution in [1.82, 2.24) is 5.32 Å². The van der Waals surface area contributed by atoms with E-state index >= 15 is 0 Å². The van der Waals surface area contributed by atoms with Crippen molar-refractivity contribution in [2.45, 2.75) is 6.92 Å². The molecule has 5 heteroatoms. The van der Waals surface area contributed by atoms with Crippen LogP contribution in [-0.2, 0) is 0 Å². The molecule has 0 bridgehead atoms. The predicted octanol–water partition coefficient (Wildman–Crippen LogP) is 1.82. The van der Waals surface area contributed by atoms with Crippen LogP contribution in [0.5, 0.6) is 0 Å². The summed E-state index contributed by atoms with van der Waals surface area (Å²) < 4.78 is 0. The highest BCUT2D eigenvalue weighted by Gasteiger charge is 2.16. The van der Waals surface area contributed by atoms with Gasteiger partial charge in [0.05, 0.1) is 4.92 Å². The van der Waals surface area contributed by atoms with Crippen molar-refractivity contribution in [2.75, 3.05) is 6.54 Å². The Bertz CT molecular complexity index is 441. The Labute approximate surface area is 92.9 Å². The molecule has 0 aromatic heterocycles. The number of nitro benzene ring substituents is 1. The molecule has 0 saturated carbocycles. The zero-order valence-corrected chi connectivity index (χ0v) is 8.90. The molecular formula is C11H12N2O3. The van der Waals surface area contributed by atoms with Crippen LogP contribution in [0.2, 0.25) is 0 Å². The molecule has 0 atom stereocenters. The first kappa shape index (κ1) is 11.9. The zero-order valence-electron chi connectivity index (χ0n) is 8.90. The normalized spacial score (nSPS) is 9.56. The van der Waals surface area contributed by atoms with E-state index in [2.05, 4.69) is 11.9 Å². The number of carbonyl (C=O) groups excluding carboxylic acids is 1. The second-order valence-corrected chi connectivity index (χ2v) is 3.21. The monoisotopic (exact) mass is 220 g/mol. The largest absolute Gasteiger partial charge is 0.349 e. The van der Waals surface area contributed by atoms with Gasteiger partial charge in [-0.15, -0.1) is 6.58 Å². The van der Waals surface area contributed by atoms with E-state index in [9.17, 15) is 14.9 Å². The molecule has 0 heterocycles. The molecule has 1 aromatic rings. The molecular weight excluding hydrogens is 208 g/mol. The second kappa shape index (κ2) is 5.06. The van der Waals surface area contributed by atoms with E-state index in [1.54, 1.807) is 19.1 Å². The standard InChI is InChI=1S/C11H12N2O3/c1-3-7-12-11(14)9-5-4-6-10(8(9)2)13(15)16/h3-6H,1,7H2,2H3,(H,12,14). The highest BCUT2D eigenvalue weighted by Crippen LogP contribution is 2.20. The van der Waals surface area contributed by atoms with Crippen LogP contribution < -0.4 is 5.32 Å². The zero-order chi connectivity index (χ0) is 12.1. The number of rotatable bonds is 4. The van der Waals surface area contributed by atoms with E-state index in [4.69, 9.17) is 0 Å². The van der Waals surface area contributed by atoms with Crippen LogP contribution in [0.1, 0.15) is 15.9 Å². The number of hydrogen-bond donors (Lipinski definition) is 1. The van der Waals surface area contributed by atoms with E-state index in [0.717, 1.165) is 0 Å². The third kappa shape index (κ3) is 2.44. The molecule has 0 radical (unpaired) electrons. The van der Waals surface area contributed by atoms with Crippen molar-refractivity contribution in [1.29, 1.82) is 0 Å². The molecule has 0 aliphatic carbocycles. The summed E-state index contributed by atoms with van der Waals surface area (Å²) in [5, 5.41) is 13.2. The van der Waals surface area contributed by atoms with Crippen LogP contribution in [0.15, 0.2) is 30.9 Å². The number of nitrogens with zero attached hydrogens (tertiary/aromatic N) is 1. The van der Waals surface area contributed by atoms with Gasteiger partial charge >= 0.3 is 0 Å². The van der Waals surface area contributed by atoms with Crippen molar-refractivity contribution < 1.29 is 9.72 Å². The van der Waals surface area contributed by atoms with E-state index in [1.165, 1.54) is 12.1 Å². The first-order valence-electron chi connectivity index (χ1n) is 4.71. The fourth-order valence-electron chi connectivity index (χ4n) is 1.33. The third-order valence-corrected chi connectivity index (χ3v) is 2.15. The van der Waals surface area contributed by atoms with Crippen LogP contribution in [0.25, 0.3) is 0 Å². The third-order valence-electron chi connectivity index (χ3n) is 2.15. The first-order chi connectivity index (χ1) is 7.57. The van der Waals surface area contributed by atoms with Crippen LogP contribution in [-0.4, -0.2) is 17.4 Å². The molecule has 0 fully saturated rings. The van der Waals surface area contributed by atoms with Crippen molar-refractivity contribution >= 4 is 11.6 Å². The molecule has 0 aliphatic rings. The molecule has 0 spiro atoms. The fraction of sp³-hybridized carbons (Fsp3) is 0.182. The fourth-order valence-corrected chi connectivity index (χ4v) is 1.33. The summed E-state index contributed by atoms with van der Waals surface area (Å²) in [6, 6.07) is 4.42. The lowest BCUT2D eigenvalue weighted by Crippen LogP contribution is -2.24. The van der Waals surface area contributed by atoms with Gasteiger partial charge in [0.2, 0.25) is 0 Å². The van der Waals surface area contributed by atoms with E-state index < -0.39 is 4.92 Å². The quantitative estimate of drug-likeness (QED) is 0.478. The lowest BCUT2D eigenvalue weighted by Gasteiger charge is -2.05. The summed E-state index contributed by atoms with van der Waals surface area (Å²) >= 11 is 0. The Morgan fingerprint density at radius 2 is 2.31 bits per heavy atom. The predicted molar refractivity (Wildman–Crippen MR) is 60.4 cm³/mol. The average molecular weight is 220 g/mol. The number of nitrogens with one attached hydrogen (secondary N) is 1. The number of hydrogen-bond acceptors (Lipinski definition) is 3. The maximum Gasteiger partial charge on any atom is 0.273 e. The Kier molecular flexibility index (Phi) is 3.77. The van der Waals surface area contributed by atoms with Crippen LogP contribution >= 0.6 is 0 Å². The van der Waals surface area contributed by atoms with Gasteiger partial charge in [-0.2, -0.15) is 0 Å². The summed E-state index contributed by atoms with van der Waals surface area (Å²) in [4.78, 5) is 21.8. The summed E-state index contributed by atoms with van der Waals surface area (Å²) in [5.74, 6) is -0.332. The summed E-state index contributed by atoms with van der Waals surface area (Å²) in [6.45, 7) is 5.36. The second-order valence-electron chi connectivity index (χ2n) is 3.21. The Balaban J connectivity index is 3.05. The average Bonchev–Trinajstić information content (AvgIpc) is 2.25. The first-order valence-corrected chi connectivity index (χ1v) is 4.71. The Morgan fingerprint density at radius 3 is 2.88 bits per heavy atom. The SMILES string of the molecule is C=CCNC(=O)c1cccc([N+](=O)[O-])c1C. The van der Waals surface area contributed by atoms with Gasteiger partial charge in [-0.05, 0) is 13.0 Å². The minimum absolute atomic E-state index is 0.0498. The van der Waals surface area contributed by atoms with E-state index in [1.807, 2.05) is 0 Å². The summed E-state index contributed by atoms with van der Waals surface area (Å²) in [6.07, 6.45) is 1.55. The van der Waals surface area contributed by atoms with Crippen molar-refractivity contribution in [3.63, 3.8) is 0 Å². The van der Waals surface area contributed by atoms with Gasteiger partial charge in [-0.3, -0.25) is 14.9 Å². The van der Waals surface area contributed by atoms with Crippen molar-refractivity contribution in [3.8, 4) is 0 Å². The minimum atomic E-state index is -0.500. The molecule has 5 nitrogen and oxygen atoms in total. The maximum atomic E-state index is 11.6. The number of nitro groups is 1. The van der Waals surface area contributed by atoms with E-state index in [0.29, 0.717) is 17.7 Å². The minimum Gasteiger partial charge on any atom is -0.349 e.